The first-order chi connectivity index (χ1) is 17.4. The van der Waals surface area contributed by atoms with Crippen LogP contribution in [0.2, 0.25) is 0 Å². The number of carboxylic acid groups (broad SMARTS) is 1. The molecule has 0 aliphatic rings. The molecule has 0 saturated carbocycles. The van der Waals surface area contributed by atoms with Crippen molar-refractivity contribution in [2.75, 3.05) is 17.7 Å². The lowest BCUT2D eigenvalue weighted by atomic mass is 10.0. The Morgan fingerprint density at radius 1 is 0.889 bits per heavy atom. The summed E-state index contributed by atoms with van der Waals surface area (Å²) >= 11 is 0. The van der Waals surface area contributed by atoms with Gasteiger partial charge in [-0.05, 0) is 54.1 Å². The van der Waals surface area contributed by atoms with Crippen molar-refractivity contribution in [3.63, 3.8) is 0 Å². The van der Waals surface area contributed by atoms with Crippen molar-refractivity contribution >= 4 is 35.5 Å². The highest BCUT2D eigenvalue weighted by molar-refractivity contribution is 6.01. The van der Waals surface area contributed by atoms with Gasteiger partial charge in [-0.25, -0.2) is 4.79 Å². The van der Waals surface area contributed by atoms with Gasteiger partial charge >= 0.3 is 5.97 Å². The van der Waals surface area contributed by atoms with Crippen molar-refractivity contribution in [1.29, 1.82) is 5.41 Å². The highest BCUT2D eigenvalue weighted by atomic mass is 16.4. The first-order valence-corrected chi connectivity index (χ1v) is 11.4. The van der Waals surface area contributed by atoms with Crippen LogP contribution in [0.15, 0.2) is 78.9 Å². The van der Waals surface area contributed by atoms with Crippen molar-refractivity contribution in [3.8, 4) is 0 Å². The molecule has 0 spiro atoms. The van der Waals surface area contributed by atoms with Crippen LogP contribution in [0.4, 0.5) is 11.4 Å². The predicted octanol–water partition coefficient (Wildman–Crippen LogP) is 3.98. The molecule has 3 rings (SSSR count). The molecule has 0 heterocycles. The zero-order chi connectivity index (χ0) is 26.9. The van der Waals surface area contributed by atoms with Gasteiger partial charge in [-0.3, -0.25) is 15.0 Å². The maximum Gasteiger partial charge on any atom is 0.335 e. The van der Waals surface area contributed by atoms with Crippen molar-refractivity contribution in [1.82, 2.24) is 5.32 Å². The van der Waals surface area contributed by atoms with E-state index in [1.165, 1.54) is 24.3 Å². The summed E-state index contributed by atoms with van der Waals surface area (Å²) in [6.07, 6.45) is 1.06. The number of carbonyl (C=O) groups excluding carboxylic acids is 2. The average molecular weight is 492 g/mol. The van der Waals surface area contributed by atoms with Gasteiger partial charge in [-0.1, -0.05) is 44.2 Å². The monoisotopic (exact) mass is 491 g/mol. The molecule has 3 aromatic carbocycles. The van der Waals surface area contributed by atoms with Crippen LogP contribution in [0, 0.1) is 5.41 Å². The summed E-state index contributed by atoms with van der Waals surface area (Å²) in [5, 5.41) is 23.5. The van der Waals surface area contributed by atoms with E-state index in [1.807, 2.05) is 63.4 Å². The summed E-state index contributed by atoms with van der Waals surface area (Å²) < 4.78 is 0. The minimum atomic E-state index is -1.07. The lowest BCUT2D eigenvalue weighted by Gasteiger charge is -2.19. The highest BCUT2D eigenvalue weighted by Gasteiger charge is 2.22. The van der Waals surface area contributed by atoms with Crippen LogP contribution in [-0.2, 0) is 11.2 Å². The molecule has 9 heteroatoms. The van der Waals surface area contributed by atoms with Crippen LogP contribution in [0.25, 0.3) is 0 Å². The number of nitrogens with two attached hydrogens (primary N) is 1. The fourth-order valence-electron chi connectivity index (χ4n) is 3.01. The number of carboxylic acids is 1. The Bertz CT molecular complexity index is 1100. The molecular weight excluding hydrogens is 458 g/mol. The molecule has 36 heavy (non-hydrogen) atoms. The summed E-state index contributed by atoms with van der Waals surface area (Å²) in [4.78, 5) is 36.7. The van der Waals surface area contributed by atoms with Crippen LogP contribution >= 0.6 is 0 Å². The number of nitrogens with one attached hydrogen (secondary N) is 4. The van der Waals surface area contributed by atoms with Gasteiger partial charge in [0.2, 0.25) is 5.91 Å². The Balaban J connectivity index is 0.00000120. The smallest absolute Gasteiger partial charge is 0.335 e. The molecule has 0 fully saturated rings. The van der Waals surface area contributed by atoms with E-state index in [0.29, 0.717) is 12.1 Å². The summed E-state index contributed by atoms with van der Waals surface area (Å²) in [6.45, 7) is 4.00. The van der Waals surface area contributed by atoms with E-state index >= 15 is 0 Å². The zero-order valence-corrected chi connectivity index (χ0v) is 20.6. The minimum Gasteiger partial charge on any atom is -0.478 e. The fraction of sp³-hybridized carbons (Fsp3) is 0.185. The Kier molecular flexibility index (Phi) is 13.1. The maximum atomic E-state index is 13.0. The fourth-order valence-corrected chi connectivity index (χ4v) is 3.01. The lowest BCUT2D eigenvalue weighted by molar-refractivity contribution is -0.118. The summed E-state index contributed by atoms with van der Waals surface area (Å²) in [5.41, 5.74) is 7.17. The highest BCUT2D eigenvalue weighted by Crippen LogP contribution is 2.14. The number of amides is 2. The molecule has 1 atom stereocenters. The normalized spacial score (nSPS) is 10.2. The third-order valence-electron chi connectivity index (χ3n) is 4.74. The van der Waals surface area contributed by atoms with Gasteiger partial charge in [0.15, 0.2) is 0 Å². The number of benzene rings is 3. The van der Waals surface area contributed by atoms with E-state index in [4.69, 9.17) is 10.5 Å². The molecule has 0 radical (unpaired) electrons. The van der Waals surface area contributed by atoms with Gasteiger partial charge in [0, 0.05) is 30.4 Å². The van der Waals surface area contributed by atoms with Crippen molar-refractivity contribution in [2.24, 2.45) is 5.73 Å². The SMILES string of the molecule is CC.CNc1ccc(NC(=O)C(Cc2ccccc2)NC(=O)c2ccc(C(=O)O)cc2)cc1.N=CN. The van der Waals surface area contributed by atoms with Gasteiger partial charge < -0.3 is 26.8 Å². The number of carbonyl (C=O) groups is 3. The van der Waals surface area contributed by atoms with Gasteiger partial charge in [0.1, 0.15) is 6.04 Å². The first kappa shape index (κ1) is 29.4. The molecule has 0 bridgehead atoms. The van der Waals surface area contributed by atoms with Crippen LogP contribution in [0.3, 0.4) is 0 Å². The van der Waals surface area contributed by atoms with Crippen LogP contribution in [0.5, 0.6) is 0 Å². The second-order valence-corrected chi connectivity index (χ2v) is 7.08. The number of anilines is 2. The van der Waals surface area contributed by atoms with E-state index in [-0.39, 0.29) is 17.0 Å². The Labute approximate surface area is 211 Å². The maximum absolute atomic E-state index is 13.0. The summed E-state index contributed by atoms with van der Waals surface area (Å²) in [6, 6.07) is 21.3. The van der Waals surface area contributed by atoms with E-state index in [0.717, 1.165) is 17.6 Å². The van der Waals surface area contributed by atoms with Crippen molar-refractivity contribution in [2.45, 2.75) is 26.3 Å². The Morgan fingerprint density at radius 2 is 1.39 bits per heavy atom. The molecule has 7 N–H and O–H groups in total. The molecule has 0 saturated heterocycles. The number of aromatic carboxylic acids is 1. The third kappa shape index (κ3) is 9.68. The van der Waals surface area contributed by atoms with Crippen molar-refractivity contribution in [3.05, 3.63) is 95.6 Å². The molecule has 9 nitrogen and oxygen atoms in total. The summed E-state index contributed by atoms with van der Waals surface area (Å²) in [7, 11) is 1.81. The summed E-state index contributed by atoms with van der Waals surface area (Å²) in [5.74, 6) is -1.88. The van der Waals surface area contributed by atoms with Crippen LogP contribution in [-0.4, -0.2) is 42.3 Å². The quantitative estimate of drug-likeness (QED) is 0.207. The molecule has 0 aliphatic heterocycles. The van der Waals surface area contributed by atoms with Crippen LogP contribution < -0.4 is 21.7 Å². The van der Waals surface area contributed by atoms with Crippen molar-refractivity contribution < 1.29 is 19.5 Å². The second-order valence-electron chi connectivity index (χ2n) is 7.08. The topological polar surface area (TPSA) is 157 Å². The molecular formula is C27H33N5O4. The lowest BCUT2D eigenvalue weighted by Crippen LogP contribution is -2.45. The van der Waals surface area contributed by atoms with Crippen LogP contribution in [0.1, 0.15) is 40.1 Å². The van der Waals surface area contributed by atoms with E-state index < -0.39 is 17.9 Å². The molecule has 1 unspecified atom stereocenters. The van der Waals surface area contributed by atoms with Gasteiger partial charge in [0.05, 0.1) is 11.9 Å². The zero-order valence-electron chi connectivity index (χ0n) is 20.6. The molecule has 190 valence electrons. The first-order valence-electron chi connectivity index (χ1n) is 11.4. The third-order valence-corrected chi connectivity index (χ3v) is 4.74. The molecule has 0 aliphatic carbocycles. The number of hydrogen-bond acceptors (Lipinski definition) is 5. The largest absolute Gasteiger partial charge is 0.478 e. The minimum absolute atomic E-state index is 0.0835. The molecule has 0 aromatic heterocycles. The van der Waals surface area contributed by atoms with Gasteiger partial charge in [-0.15, -0.1) is 0 Å². The predicted molar refractivity (Wildman–Crippen MR) is 144 cm³/mol. The average Bonchev–Trinajstić information content (AvgIpc) is 2.91. The number of hydrogen-bond donors (Lipinski definition) is 6. The van der Waals surface area contributed by atoms with Gasteiger partial charge in [0.25, 0.3) is 5.91 Å². The Hall–Kier alpha value is -4.66. The molecule has 3 aromatic rings. The molecule has 2 amide bonds. The Morgan fingerprint density at radius 3 is 1.89 bits per heavy atom. The number of rotatable bonds is 8. The van der Waals surface area contributed by atoms with E-state index in [2.05, 4.69) is 21.7 Å². The van der Waals surface area contributed by atoms with Gasteiger partial charge in [-0.2, -0.15) is 0 Å². The van der Waals surface area contributed by atoms with E-state index in [9.17, 15) is 14.4 Å². The second kappa shape index (κ2) is 16.0. The standard InChI is InChI=1S/C24H23N3O4.C2H6.CH4N2/c1-25-19-11-13-20(14-12-19)26-23(29)21(15-16-5-3-2-4-6-16)27-22(28)17-7-9-18(10-8-17)24(30)31;1-2;2-1-3/h2-14,21,25H,15H2,1H3,(H,26,29)(H,27,28)(H,30,31);1-2H3;1H,(H3,2,3). The van der Waals surface area contributed by atoms with E-state index in [1.54, 1.807) is 12.1 Å².